The van der Waals surface area contributed by atoms with E-state index in [1.54, 1.807) is 0 Å². The van der Waals surface area contributed by atoms with E-state index in [2.05, 4.69) is 4.98 Å². The standard InChI is InChI=1S/C16H20N2O/c1-4-19-15-8-6-5-7-14(15)16(17)13-10-9-11(2)18-12(13)3/h5-10,16H,4,17H2,1-3H3. The predicted molar refractivity (Wildman–Crippen MR) is 77.4 cm³/mol. The molecular formula is C16H20N2O. The molecule has 3 heteroatoms. The number of ether oxygens (including phenoxy) is 1. The molecule has 1 atom stereocenters. The number of hydrogen-bond donors (Lipinski definition) is 1. The number of nitrogens with zero attached hydrogens (tertiary/aromatic N) is 1. The Balaban J connectivity index is 2.41. The second-order valence-corrected chi connectivity index (χ2v) is 4.58. The van der Waals surface area contributed by atoms with E-state index in [1.165, 1.54) is 0 Å². The Hall–Kier alpha value is -1.87. The van der Waals surface area contributed by atoms with E-state index in [0.717, 1.165) is 28.3 Å². The van der Waals surface area contributed by atoms with Crippen molar-refractivity contribution in [3.8, 4) is 5.75 Å². The molecule has 1 heterocycles. The summed E-state index contributed by atoms with van der Waals surface area (Å²) in [6, 6.07) is 11.7. The van der Waals surface area contributed by atoms with Crippen molar-refractivity contribution in [2.45, 2.75) is 26.8 Å². The van der Waals surface area contributed by atoms with Crippen molar-refractivity contribution in [1.29, 1.82) is 0 Å². The van der Waals surface area contributed by atoms with Gasteiger partial charge in [-0.2, -0.15) is 0 Å². The fraction of sp³-hybridized carbons (Fsp3) is 0.312. The Labute approximate surface area is 114 Å². The lowest BCUT2D eigenvalue weighted by molar-refractivity contribution is 0.335. The van der Waals surface area contributed by atoms with Crippen LogP contribution in [0.15, 0.2) is 36.4 Å². The van der Waals surface area contributed by atoms with Gasteiger partial charge in [0, 0.05) is 17.0 Å². The van der Waals surface area contributed by atoms with Crippen LogP contribution in [0.4, 0.5) is 0 Å². The summed E-state index contributed by atoms with van der Waals surface area (Å²) < 4.78 is 5.64. The highest BCUT2D eigenvalue weighted by molar-refractivity contribution is 5.42. The van der Waals surface area contributed by atoms with Crippen LogP contribution in [0.3, 0.4) is 0 Å². The number of rotatable bonds is 4. The number of pyridine rings is 1. The van der Waals surface area contributed by atoms with Crippen LogP contribution < -0.4 is 10.5 Å². The topological polar surface area (TPSA) is 48.1 Å². The van der Waals surface area contributed by atoms with E-state index in [0.29, 0.717) is 6.61 Å². The van der Waals surface area contributed by atoms with Crippen molar-refractivity contribution in [2.24, 2.45) is 5.73 Å². The van der Waals surface area contributed by atoms with E-state index in [9.17, 15) is 0 Å². The first-order chi connectivity index (χ1) is 9.13. The van der Waals surface area contributed by atoms with Gasteiger partial charge in [0.05, 0.1) is 12.6 Å². The molecule has 0 fully saturated rings. The maximum Gasteiger partial charge on any atom is 0.124 e. The van der Waals surface area contributed by atoms with Crippen LogP contribution in [0, 0.1) is 13.8 Å². The van der Waals surface area contributed by atoms with Crippen molar-refractivity contribution in [1.82, 2.24) is 4.98 Å². The van der Waals surface area contributed by atoms with Gasteiger partial charge >= 0.3 is 0 Å². The normalized spacial score (nSPS) is 12.2. The maximum atomic E-state index is 6.38. The third-order valence-corrected chi connectivity index (χ3v) is 3.15. The van der Waals surface area contributed by atoms with E-state index in [1.807, 2.05) is 57.2 Å². The first kappa shape index (κ1) is 13.6. The lowest BCUT2D eigenvalue weighted by Crippen LogP contribution is -2.15. The van der Waals surface area contributed by atoms with Crippen LogP contribution in [-0.4, -0.2) is 11.6 Å². The summed E-state index contributed by atoms with van der Waals surface area (Å²) in [7, 11) is 0. The molecule has 0 radical (unpaired) electrons. The van der Waals surface area contributed by atoms with Crippen LogP contribution >= 0.6 is 0 Å². The Morgan fingerprint density at radius 2 is 1.84 bits per heavy atom. The van der Waals surface area contributed by atoms with Crippen molar-refractivity contribution in [2.75, 3.05) is 6.61 Å². The molecular weight excluding hydrogens is 236 g/mol. The molecule has 100 valence electrons. The van der Waals surface area contributed by atoms with Gasteiger partial charge in [0.1, 0.15) is 5.75 Å². The summed E-state index contributed by atoms with van der Waals surface area (Å²) in [6.45, 7) is 6.58. The molecule has 0 saturated heterocycles. The highest BCUT2D eigenvalue weighted by atomic mass is 16.5. The first-order valence-corrected chi connectivity index (χ1v) is 6.55. The van der Waals surface area contributed by atoms with Crippen LogP contribution in [0.25, 0.3) is 0 Å². The third-order valence-electron chi connectivity index (χ3n) is 3.15. The molecule has 0 spiro atoms. The molecule has 1 aromatic carbocycles. The molecule has 0 aliphatic heterocycles. The minimum absolute atomic E-state index is 0.212. The lowest BCUT2D eigenvalue weighted by Gasteiger charge is -2.18. The van der Waals surface area contributed by atoms with Gasteiger partial charge < -0.3 is 10.5 Å². The minimum atomic E-state index is -0.212. The number of aromatic nitrogens is 1. The van der Waals surface area contributed by atoms with Gasteiger partial charge in [-0.1, -0.05) is 24.3 Å². The molecule has 0 aliphatic carbocycles. The maximum absolute atomic E-state index is 6.38. The van der Waals surface area contributed by atoms with E-state index in [4.69, 9.17) is 10.5 Å². The second-order valence-electron chi connectivity index (χ2n) is 4.58. The summed E-state index contributed by atoms with van der Waals surface area (Å²) in [5.74, 6) is 0.845. The van der Waals surface area contributed by atoms with E-state index >= 15 is 0 Å². The molecule has 3 nitrogen and oxygen atoms in total. The lowest BCUT2D eigenvalue weighted by atomic mass is 9.97. The largest absolute Gasteiger partial charge is 0.494 e. The van der Waals surface area contributed by atoms with Gasteiger partial charge in [0.15, 0.2) is 0 Å². The minimum Gasteiger partial charge on any atom is -0.494 e. The van der Waals surface area contributed by atoms with Crippen molar-refractivity contribution in [3.05, 3.63) is 58.9 Å². The molecule has 0 aliphatic rings. The highest BCUT2D eigenvalue weighted by Gasteiger charge is 2.16. The third kappa shape index (κ3) is 2.93. The van der Waals surface area contributed by atoms with Gasteiger partial charge in [-0.05, 0) is 38.5 Å². The van der Waals surface area contributed by atoms with Crippen LogP contribution in [0.5, 0.6) is 5.75 Å². The first-order valence-electron chi connectivity index (χ1n) is 6.55. The van der Waals surface area contributed by atoms with Crippen molar-refractivity contribution < 1.29 is 4.74 Å². The molecule has 2 N–H and O–H groups in total. The Bertz CT molecular complexity index is 566. The molecule has 1 unspecified atom stereocenters. The molecule has 2 aromatic rings. The Kier molecular flexibility index (Phi) is 4.17. The summed E-state index contributed by atoms with van der Waals surface area (Å²) in [5, 5.41) is 0. The summed E-state index contributed by atoms with van der Waals surface area (Å²) in [6.07, 6.45) is 0. The Morgan fingerprint density at radius 3 is 2.53 bits per heavy atom. The zero-order valence-corrected chi connectivity index (χ0v) is 11.7. The van der Waals surface area contributed by atoms with Crippen molar-refractivity contribution >= 4 is 0 Å². The molecule has 19 heavy (non-hydrogen) atoms. The molecule has 1 aromatic heterocycles. The predicted octanol–water partition coefficient (Wildman–Crippen LogP) is 3.15. The Morgan fingerprint density at radius 1 is 1.11 bits per heavy atom. The molecule has 0 saturated carbocycles. The molecule has 0 amide bonds. The number of para-hydroxylation sites is 1. The summed E-state index contributed by atoms with van der Waals surface area (Å²) in [5.41, 5.74) is 10.4. The fourth-order valence-corrected chi connectivity index (χ4v) is 2.22. The van der Waals surface area contributed by atoms with Crippen LogP contribution in [-0.2, 0) is 0 Å². The number of hydrogen-bond acceptors (Lipinski definition) is 3. The van der Waals surface area contributed by atoms with Gasteiger partial charge in [-0.25, -0.2) is 0 Å². The van der Waals surface area contributed by atoms with Gasteiger partial charge in [0.2, 0.25) is 0 Å². The second kappa shape index (κ2) is 5.85. The van der Waals surface area contributed by atoms with Gasteiger partial charge in [-0.15, -0.1) is 0 Å². The quantitative estimate of drug-likeness (QED) is 0.914. The molecule has 0 bridgehead atoms. The van der Waals surface area contributed by atoms with E-state index < -0.39 is 0 Å². The SMILES string of the molecule is CCOc1ccccc1C(N)c1ccc(C)nc1C. The zero-order valence-electron chi connectivity index (χ0n) is 11.7. The van der Waals surface area contributed by atoms with Crippen LogP contribution in [0.1, 0.15) is 35.5 Å². The number of nitrogens with two attached hydrogens (primary N) is 1. The summed E-state index contributed by atoms with van der Waals surface area (Å²) >= 11 is 0. The fourth-order valence-electron chi connectivity index (χ4n) is 2.22. The number of aryl methyl sites for hydroxylation is 2. The van der Waals surface area contributed by atoms with Crippen molar-refractivity contribution in [3.63, 3.8) is 0 Å². The van der Waals surface area contributed by atoms with Gasteiger partial charge in [0.25, 0.3) is 0 Å². The monoisotopic (exact) mass is 256 g/mol. The van der Waals surface area contributed by atoms with Crippen LogP contribution in [0.2, 0.25) is 0 Å². The smallest absolute Gasteiger partial charge is 0.124 e. The summed E-state index contributed by atoms with van der Waals surface area (Å²) in [4.78, 5) is 4.47. The molecule has 2 rings (SSSR count). The van der Waals surface area contributed by atoms with Gasteiger partial charge in [-0.3, -0.25) is 4.98 Å². The number of benzene rings is 1. The zero-order chi connectivity index (χ0) is 13.8. The van der Waals surface area contributed by atoms with E-state index in [-0.39, 0.29) is 6.04 Å². The average Bonchev–Trinajstić information content (AvgIpc) is 2.39. The highest BCUT2D eigenvalue weighted by Crippen LogP contribution is 2.29. The average molecular weight is 256 g/mol.